The lowest BCUT2D eigenvalue weighted by Gasteiger charge is -2.33. The van der Waals surface area contributed by atoms with Gasteiger partial charge in [0.15, 0.2) is 0 Å². The molecule has 3 amide bonds. The average Bonchev–Trinajstić information content (AvgIpc) is 2.71. The molecule has 32 heavy (non-hydrogen) atoms. The first-order chi connectivity index (χ1) is 14.8. The van der Waals surface area contributed by atoms with E-state index in [-0.39, 0.29) is 18.9 Å². The van der Waals surface area contributed by atoms with Gasteiger partial charge in [-0.15, -0.1) is 0 Å². The molecule has 0 heterocycles. The number of nitrogens with one attached hydrogen (secondary N) is 3. The third-order valence-electron chi connectivity index (χ3n) is 5.10. The molecule has 0 radical (unpaired) electrons. The summed E-state index contributed by atoms with van der Waals surface area (Å²) in [6.07, 6.45) is -0.254. The van der Waals surface area contributed by atoms with Crippen LogP contribution in [0.1, 0.15) is 59.9 Å². The number of rotatable bonds is 11. The van der Waals surface area contributed by atoms with Gasteiger partial charge in [0.1, 0.15) is 23.7 Å². The Kier molecular flexibility index (Phi) is 9.68. The summed E-state index contributed by atoms with van der Waals surface area (Å²) < 4.78 is 5.20. The molecule has 0 aliphatic heterocycles. The summed E-state index contributed by atoms with van der Waals surface area (Å²) in [6, 6.07) is 8.20. The molecular formula is C23H35N3O6. The van der Waals surface area contributed by atoms with Crippen molar-refractivity contribution < 1.29 is 29.0 Å². The Morgan fingerprint density at radius 3 is 2.12 bits per heavy atom. The van der Waals surface area contributed by atoms with Crippen molar-refractivity contribution in [2.24, 2.45) is 5.92 Å². The number of ether oxygens (including phenoxy) is 1. The zero-order valence-electron chi connectivity index (χ0n) is 19.7. The summed E-state index contributed by atoms with van der Waals surface area (Å²) in [5.41, 5.74) is -2.06. The lowest BCUT2D eigenvalue weighted by atomic mass is 9.95. The van der Waals surface area contributed by atoms with Gasteiger partial charge >= 0.3 is 12.1 Å². The van der Waals surface area contributed by atoms with Crippen LogP contribution in [-0.4, -0.2) is 46.1 Å². The predicted molar refractivity (Wildman–Crippen MR) is 120 cm³/mol. The number of alkyl carbamates (subject to hydrolysis) is 1. The topological polar surface area (TPSA) is 134 Å². The maximum atomic E-state index is 12.9. The van der Waals surface area contributed by atoms with E-state index in [0.29, 0.717) is 6.42 Å². The lowest BCUT2D eigenvalue weighted by Crippen LogP contribution is -2.63. The Hall–Kier alpha value is -3.10. The van der Waals surface area contributed by atoms with Crippen molar-refractivity contribution in [3.05, 3.63) is 35.9 Å². The first-order valence-corrected chi connectivity index (χ1v) is 10.7. The second-order valence-electron chi connectivity index (χ2n) is 8.95. The van der Waals surface area contributed by atoms with Gasteiger partial charge in [-0.3, -0.25) is 9.59 Å². The van der Waals surface area contributed by atoms with Crippen molar-refractivity contribution in [1.82, 2.24) is 16.0 Å². The van der Waals surface area contributed by atoms with Crippen LogP contribution in [0.15, 0.2) is 30.3 Å². The number of carboxylic acid groups (broad SMARTS) is 1. The second kappa shape index (κ2) is 11.5. The lowest BCUT2D eigenvalue weighted by molar-refractivity contribution is -0.148. The van der Waals surface area contributed by atoms with E-state index in [1.54, 1.807) is 6.92 Å². The molecule has 9 nitrogen and oxygen atoms in total. The minimum Gasteiger partial charge on any atom is -0.480 e. The van der Waals surface area contributed by atoms with Gasteiger partial charge in [0.05, 0.1) is 0 Å². The quantitative estimate of drug-likeness (QED) is 0.410. The molecule has 1 aromatic carbocycles. The monoisotopic (exact) mass is 449 g/mol. The van der Waals surface area contributed by atoms with E-state index >= 15 is 0 Å². The molecule has 0 bridgehead atoms. The molecule has 0 saturated heterocycles. The first kappa shape index (κ1) is 26.9. The fourth-order valence-corrected chi connectivity index (χ4v) is 2.76. The van der Waals surface area contributed by atoms with Gasteiger partial charge in [-0.05, 0) is 45.1 Å². The predicted octanol–water partition coefficient (Wildman–Crippen LogP) is 2.59. The third-order valence-corrected chi connectivity index (χ3v) is 5.10. The van der Waals surface area contributed by atoms with Crippen LogP contribution in [0.25, 0.3) is 0 Å². The highest BCUT2D eigenvalue weighted by Crippen LogP contribution is 2.14. The summed E-state index contributed by atoms with van der Waals surface area (Å²) >= 11 is 0. The summed E-state index contributed by atoms with van der Waals surface area (Å²) in [6.45, 7) is 9.84. The Morgan fingerprint density at radius 2 is 1.62 bits per heavy atom. The minimum absolute atomic E-state index is 0.0569. The van der Waals surface area contributed by atoms with Gasteiger partial charge in [-0.1, -0.05) is 51.1 Å². The van der Waals surface area contributed by atoms with Crippen LogP contribution in [0.5, 0.6) is 0 Å². The van der Waals surface area contributed by atoms with E-state index in [2.05, 4.69) is 16.0 Å². The number of aliphatic carboxylic acids is 1. The smallest absolute Gasteiger partial charge is 0.408 e. The number of benzene rings is 1. The molecule has 0 aliphatic carbocycles. The summed E-state index contributed by atoms with van der Waals surface area (Å²) in [7, 11) is 0. The van der Waals surface area contributed by atoms with Crippen molar-refractivity contribution in [3.8, 4) is 0 Å². The zero-order valence-corrected chi connectivity index (χ0v) is 19.7. The fraction of sp³-hybridized carbons (Fsp3) is 0.565. The molecule has 0 aliphatic rings. The largest absolute Gasteiger partial charge is 0.480 e. The molecule has 9 heteroatoms. The Labute approximate surface area is 189 Å². The van der Waals surface area contributed by atoms with Crippen LogP contribution in [-0.2, 0) is 25.7 Å². The minimum atomic E-state index is -1.46. The molecular weight excluding hydrogens is 414 g/mol. The molecule has 1 aromatic rings. The highest BCUT2D eigenvalue weighted by molar-refractivity contribution is 5.96. The van der Waals surface area contributed by atoms with Crippen LogP contribution in [0, 0.1) is 5.92 Å². The number of carboxylic acids is 1. The second-order valence-corrected chi connectivity index (χ2v) is 8.95. The van der Waals surface area contributed by atoms with Crippen molar-refractivity contribution in [2.75, 3.05) is 0 Å². The third kappa shape index (κ3) is 8.20. The van der Waals surface area contributed by atoms with Gasteiger partial charge < -0.3 is 25.8 Å². The summed E-state index contributed by atoms with van der Waals surface area (Å²) in [4.78, 5) is 49.3. The van der Waals surface area contributed by atoms with E-state index in [9.17, 15) is 24.3 Å². The maximum absolute atomic E-state index is 12.9. The summed E-state index contributed by atoms with van der Waals surface area (Å²) in [5, 5.41) is 17.0. The van der Waals surface area contributed by atoms with E-state index in [1.807, 2.05) is 44.2 Å². The number of hydrogen-bond acceptors (Lipinski definition) is 5. The molecule has 178 valence electrons. The summed E-state index contributed by atoms with van der Waals surface area (Å²) in [5.74, 6) is -2.31. The highest BCUT2D eigenvalue weighted by atomic mass is 16.5. The highest BCUT2D eigenvalue weighted by Gasteiger charge is 2.39. The number of carbonyl (C=O) groups is 4. The Balaban J connectivity index is 2.81. The molecule has 0 unspecified atom stereocenters. The molecule has 4 N–H and O–H groups in total. The molecule has 1 rings (SSSR count). The van der Waals surface area contributed by atoms with Gasteiger partial charge in [-0.25, -0.2) is 9.59 Å². The normalized spacial score (nSPS) is 14.1. The van der Waals surface area contributed by atoms with Crippen LogP contribution in [0.4, 0.5) is 4.79 Å². The van der Waals surface area contributed by atoms with E-state index in [1.165, 1.54) is 20.8 Å². The molecule has 0 saturated carbocycles. The zero-order chi connectivity index (χ0) is 24.5. The van der Waals surface area contributed by atoms with Gasteiger partial charge in [-0.2, -0.15) is 0 Å². The van der Waals surface area contributed by atoms with Gasteiger partial charge in [0.2, 0.25) is 11.8 Å². The average molecular weight is 450 g/mol. The van der Waals surface area contributed by atoms with Crippen molar-refractivity contribution in [3.63, 3.8) is 0 Å². The number of carbonyl (C=O) groups excluding carboxylic acids is 3. The van der Waals surface area contributed by atoms with Crippen molar-refractivity contribution in [2.45, 2.75) is 78.1 Å². The van der Waals surface area contributed by atoms with Crippen molar-refractivity contribution >= 4 is 23.9 Å². The fourth-order valence-electron chi connectivity index (χ4n) is 2.76. The van der Waals surface area contributed by atoms with Gasteiger partial charge in [0, 0.05) is 0 Å². The van der Waals surface area contributed by atoms with Crippen LogP contribution < -0.4 is 16.0 Å². The molecule has 0 spiro atoms. The standard InChI is InChI=1S/C23H35N3O6/c1-7-23(6,20(29)30)26-19(28)22(4,5)25-18(27)17(13-15(2)3)24-21(31)32-14-16-11-9-8-10-12-16/h8-12,15,17H,7,13-14H2,1-6H3,(H,24,31)(H,25,27)(H,26,28)(H,29,30)/t17-,23+/m0/s1. The van der Waals surface area contributed by atoms with Gasteiger partial charge in [0.25, 0.3) is 0 Å². The number of amides is 3. The number of hydrogen-bond donors (Lipinski definition) is 4. The Bertz CT molecular complexity index is 809. The molecule has 0 fully saturated rings. The van der Waals surface area contributed by atoms with Crippen molar-refractivity contribution in [1.29, 1.82) is 0 Å². The molecule has 0 aromatic heterocycles. The maximum Gasteiger partial charge on any atom is 0.408 e. The molecule has 2 atom stereocenters. The van der Waals surface area contributed by atoms with E-state index in [4.69, 9.17) is 4.74 Å². The van der Waals surface area contributed by atoms with Crippen LogP contribution in [0.2, 0.25) is 0 Å². The van der Waals surface area contributed by atoms with Crippen LogP contribution in [0.3, 0.4) is 0 Å². The first-order valence-electron chi connectivity index (χ1n) is 10.7. The van der Waals surface area contributed by atoms with Crippen LogP contribution >= 0.6 is 0 Å². The Morgan fingerprint density at radius 1 is 1.03 bits per heavy atom. The van der Waals surface area contributed by atoms with E-state index in [0.717, 1.165) is 5.56 Å². The SMILES string of the molecule is CC[C@@](C)(NC(=O)C(C)(C)NC(=O)[C@H](CC(C)C)NC(=O)OCc1ccccc1)C(=O)O. The van der Waals surface area contributed by atoms with E-state index < -0.39 is 41.0 Å².